The number of aryl methyl sites for hydroxylation is 4. The summed E-state index contributed by atoms with van der Waals surface area (Å²) in [6.45, 7) is 0. The van der Waals surface area contributed by atoms with Gasteiger partial charge in [-0.15, -0.1) is 0 Å². The molecule has 0 N–H and O–H groups in total. The standard InChI is InChI=1S/4C17H15N2/c4*1-19-10-4-8-17(13-19)15-6-2-5-14(11-15)16-7-3-9-18-12-16/h4*2-13H,1H3/q4*+1. The summed E-state index contributed by atoms with van der Waals surface area (Å²) in [5, 5.41) is 0. The van der Waals surface area contributed by atoms with Crippen molar-refractivity contribution >= 4 is 0 Å². The molecule has 12 rings (SSSR count). The molecular weight excluding hydrogens is 929 g/mol. The highest BCUT2D eigenvalue weighted by molar-refractivity contribution is 5.75. The third-order valence-electron chi connectivity index (χ3n) is 12.5. The lowest BCUT2D eigenvalue weighted by Crippen LogP contribution is -2.26. The van der Waals surface area contributed by atoms with E-state index in [9.17, 15) is 0 Å². The van der Waals surface area contributed by atoms with E-state index < -0.39 is 0 Å². The monoisotopic (exact) mass is 988 g/mol. The van der Waals surface area contributed by atoms with Gasteiger partial charge in [0.15, 0.2) is 49.6 Å². The molecule has 0 aliphatic heterocycles. The van der Waals surface area contributed by atoms with Crippen LogP contribution in [0.3, 0.4) is 0 Å². The molecule has 8 nitrogen and oxygen atoms in total. The third kappa shape index (κ3) is 14.2. The van der Waals surface area contributed by atoms with Gasteiger partial charge < -0.3 is 0 Å². The Hall–Kier alpha value is -9.92. The Morgan fingerprint density at radius 3 is 0.579 bits per heavy atom. The summed E-state index contributed by atoms with van der Waals surface area (Å²) in [5.41, 5.74) is 19.1. The van der Waals surface area contributed by atoms with E-state index in [-0.39, 0.29) is 0 Å². The summed E-state index contributed by atoms with van der Waals surface area (Å²) in [6.07, 6.45) is 31.4. The molecule has 368 valence electrons. The van der Waals surface area contributed by atoms with Crippen LogP contribution >= 0.6 is 0 Å². The van der Waals surface area contributed by atoms with Gasteiger partial charge in [-0.1, -0.05) is 97.1 Å². The smallest absolute Gasteiger partial charge is 0.176 e. The molecular formula is C68H60N8+4. The first-order chi connectivity index (χ1) is 37.3. The fourth-order valence-corrected chi connectivity index (χ4v) is 8.68. The maximum atomic E-state index is 4.17. The van der Waals surface area contributed by atoms with Crippen molar-refractivity contribution in [3.8, 4) is 89.0 Å². The second-order valence-electron chi connectivity index (χ2n) is 18.3. The van der Waals surface area contributed by atoms with Crippen molar-refractivity contribution in [1.29, 1.82) is 0 Å². The first-order valence-electron chi connectivity index (χ1n) is 25.2. The van der Waals surface area contributed by atoms with Gasteiger partial charge in [-0.05, 0) is 117 Å². The molecule has 0 bridgehead atoms. The number of aromatic nitrogens is 8. The molecule has 76 heavy (non-hydrogen) atoms. The molecule has 4 aromatic carbocycles. The minimum atomic E-state index is 1.14. The highest BCUT2D eigenvalue weighted by Crippen LogP contribution is 2.29. The average Bonchev–Trinajstić information content (AvgIpc) is 3.49. The van der Waals surface area contributed by atoms with Crippen molar-refractivity contribution in [2.75, 3.05) is 0 Å². The SMILES string of the molecule is C[n+]1cccc(-c2cccc(-c3cccnc3)c2)c1.C[n+]1cccc(-c2cccc(-c3cccnc3)c2)c1.C[n+]1cccc(-c2cccc(-c3cccnc3)c2)c1.C[n+]1cccc(-c2cccc(-c3cccnc3)c2)c1. The zero-order chi connectivity index (χ0) is 52.3. The van der Waals surface area contributed by atoms with Gasteiger partial charge in [-0.25, -0.2) is 18.3 Å². The Morgan fingerprint density at radius 1 is 0.211 bits per heavy atom. The van der Waals surface area contributed by atoms with Crippen LogP contribution in [0, 0.1) is 0 Å². The molecule has 8 heteroatoms. The number of hydrogen-bond donors (Lipinski definition) is 0. The minimum Gasteiger partial charge on any atom is -0.264 e. The van der Waals surface area contributed by atoms with E-state index >= 15 is 0 Å². The lowest BCUT2D eigenvalue weighted by molar-refractivity contribution is -0.671. The highest BCUT2D eigenvalue weighted by atomic mass is 14.9. The summed E-state index contributed by atoms with van der Waals surface area (Å²) < 4.78 is 8.25. The average molecular weight is 989 g/mol. The van der Waals surface area contributed by atoms with Gasteiger partial charge in [0.1, 0.15) is 28.2 Å². The van der Waals surface area contributed by atoms with E-state index in [1.54, 1.807) is 24.8 Å². The second kappa shape index (κ2) is 25.6. The van der Waals surface area contributed by atoms with Crippen molar-refractivity contribution in [1.82, 2.24) is 19.9 Å². The van der Waals surface area contributed by atoms with Crippen LogP contribution in [0.25, 0.3) is 89.0 Å². The lowest BCUT2D eigenvalue weighted by atomic mass is 10.0. The van der Waals surface area contributed by atoms with E-state index in [1.807, 2.05) is 102 Å². The van der Waals surface area contributed by atoms with E-state index in [4.69, 9.17) is 0 Å². The van der Waals surface area contributed by atoms with E-state index in [0.29, 0.717) is 0 Å². The molecule has 0 radical (unpaired) electrons. The minimum absolute atomic E-state index is 1.14. The molecule has 0 saturated heterocycles. The number of benzene rings is 4. The Kier molecular flexibility index (Phi) is 17.2. The molecule has 8 aromatic heterocycles. The molecule has 8 heterocycles. The number of rotatable bonds is 8. The Morgan fingerprint density at radius 2 is 0.395 bits per heavy atom. The predicted octanol–water partition coefficient (Wildman–Crippen LogP) is 13.0. The van der Waals surface area contributed by atoms with Gasteiger partial charge in [0.05, 0.1) is 0 Å². The van der Waals surface area contributed by atoms with Crippen LogP contribution in [0.1, 0.15) is 0 Å². The maximum absolute atomic E-state index is 4.17. The van der Waals surface area contributed by atoms with Crippen molar-refractivity contribution < 1.29 is 18.3 Å². The number of pyridine rings is 8. The van der Waals surface area contributed by atoms with Crippen LogP contribution < -0.4 is 18.3 Å². The van der Waals surface area contributed by atoms with E-state index in [0.717, 1.165) is 22.3 Å². The van der Waals surface area contributed by atoms with Crippen LogP contribution in [0.4, 0.5) is 0 Å². The van der Waals surface area contributed by atoms with Gasteiger partial charge in [-0.3, -0.25) is 19.9 Å². The second-order valence-corrected chi connectivity index (χ2v) is 18.3. The van der Waals surface area contributed by atoms with Crippen LogP contribution in [0.5, 0.6) is 0 Å². The largest absolute Gasteiger partial charge is 0.264 e. The molecule has 0 atom stereocenters. The number of nitrogens with zero attached hydrogens (tertiary/aromatic N) is 8. The van der Waals surface area contributed by atoms with Gasteiger partial charge in [0.25, 0.3) is 0 Å². The van der Waals surface area contributed by atoms with Gasteiger partial charge >= 0.3 is 0 Å². The summed E-state index contributed by atoms with van der Waals surface area (Å²) in [6, 6.07) is 67.1. The summed E-state index contributed by atoms with van der Waals surface area (Å²) in [5.74, 6) is 0. The van der Waals surface area contributed by atoms with Gasteiger partial charge in [0.2, 0.25) is 0 Å². The van der Waals surface area contributed by atoms with Crippen LogP contribution in [0.2, 0.25) is 0 Å². The Balaban J connectivity index is 0.000000124. The zero-order valence-electron chi connectivity index (χ0n) is 43.3. The Labute approximate surface area is 446 Å². The summed E-state index contributed by atoms with van der Waals surface area (Å²) in [7, 11) is 8.14. The highest BCUT2D eigenvalue weighted by Gasteiger charge is 2.08. The van der Waals surface area contributed by atoms with Crippen LogP contribution in [-0.4, -0.2) is 19.9 Å². The van der Waals surface area contributed by atoms with Crippen molar-refractivity contribution in [3.05, 3.63) is 293 Å². The first-order valence-corrected chi connectivity index (χ1v) is 25.2. The number of hydrogen-bond acceptors (Lipinski definition) is 4. The van der Waals surface area contributed by atoms with Gasteiger partial charge in [0, 0.05) is 118 Å². The summed E-state index contributed by atoms with van der Waals surface area (Å²) in [4.78, 5) is 16.7. The molecule has 0 unspecified atom stereocenters. The molecule has 0 aliphatic carbocycles. The topological polar surface area (TPSA) is 67.1 Å². The normalized spacial score (nSPS) is 10.4. The predicted molar refractivity (Wildman–Crippen MR) is 305 cm³/mol. The maximum Gasteiger partial charge on any atom is 0.176 e. The molecule has 0 saturated carbocycles. The van der Waals surface area contributed by atoms with Crippen molar-refractivity contribution in [3.63, 3.8) is 0 Å². The molecule has 12 aromatic rings. The quantitative estimate of drug-likeness (QED) is 0.142. The van der Waals surface area contributed by atoms with E-state index in [2.05, 4.69) is 233 Å². The first kappa shape index (κ1) is 51.0. The fraction of sp³-hybridized carbons (Fsp3) is 0.0588. The molecule has 0 spiro atoms. The van der Waals surface area contributed by atoms with E-state index in [1.165, 1.54) is 66.8 Å². The fourth-order valence-electron chi connectivity index (χ4n) is 8.68. The summed E-state index contributed by atoms with van der Waals surface area (Å²) >= 11 is 0. The van der Waals surface area contributed by atoms with Crippen LogP contribution in [0.15, 0.2) is 293 Å². The van der Waals surface area contributed by atoms with Gasteiger partial charge in [-0.2, -0.15) is 0 Å². The molecule has 0 aliphatic rings. The zero-order valence-corrected chi connectivity index (χ0v) is 43.3. The van der Waals surface area contributed by atoms with Crippen molar-refractivity contribution in [2.45, 2.75) is 0 Å². The van der Waals surface area contributed by atoms with Crippen molar-refractivity contribution in [2.24, 2.45) is 28.2 Å². The third-order valence-corrected chi connectivity index (χ3v) is 12.5. The van der Waals surface area contributed by atoms with Crippen LogP contribution in [-0.2, 0) is 28.2 Å². The molecule has 0 amide bonds. The lowest BCUT2D eigenvalue weighted by Gasteiger charge is -2.04. The molecule has 0 fully saturated rings. The Bertz CT molecular complexity index is 3260.